The van der Waals surface area contributed by atoms with Crippen molar-refractivity contribution in [1.82, 2.24) is 14.7 Å². The van der Waals surface area contributed by atoms with E-state index < -0.39 is 0 Å². The molecule has 23 heavy (non-hydrogen) atoms. The molecule has 0 spiro atoms. The van der Waals surface area contributed by atoms with Crippen LogP contribution < -0.4 is 0 Å². The summed E-state index contributed by atoms with van der Waals surface area (Å²) in [4.78, 5) is 15.4. The number of fused-ring (bicyclic) bond motifs is 1. The van der Waals surface area contributed by atoms with Crippen molar-refractivity contribution in [3.8, 4) is 0 Å². The minimum Gasteiger partial charge on any atom is -0.334 e. The summed E-state index contributed by atoms with van der Waals surface area (Å²) in [5, 5.41) is 4.59. The van der Waals surface area contributed by atoms with E-state index in [-0.39, 0.29) is 11.3 Å². The highest BCUT2D eigenvalue weighted by Crippen LogP contribution is 2.35. The van der Waals surface area contributed by atoms with E-state index in [1.165, 1.54) is 38.5 Å². The number of hydrogen-bond acceptors (Lipinski definition) is 2. The second-order valence-electron chi connectivity index (χ2n) is 8.39. The zero-order valence-corrected chi connectivity index (χ0v) is 15.1. The molecular formula is C19H31N3O. The predicted molar refractivity (Wildman–Crippen MR) is 92.5 cm³/mol. The lowest BCUT2D eigenvalue weighted by Crippen LogP contribution is -2.45. The Labute approximate surface area is 140 Å². The molecule has 1 aromatic heterocycles. The summed E-state index contributed by atoms with van der Waals surface area (Å²) in [6.45, 7) is 7.35. The maximum Gasteiger partial charge on any atom is 0.272 e. The predicted octanol–water partition coefficient (Wildman–Crippen LogP) is 3.90. The fourth-order valence-corrected chi connectivity index (χ4v) is 4.22. The van der Waals surface area contributed by atoms with Gasteiger partial charge < -0.3 is 4.90 Å². The Bertz CT molecular complexity index is 570. The van der Waals surface area contributed by atoms with Crippen LogP contribution in [0.1, 0.15) is 81.9 Å². The van der Waals surface area contributed by atoms with Crippen molar-refractivity contribution in [2.75, 3.05) is 6.54 Å². The van der Waals surface area contributed by atoms with Crippen LogP contribution in [0.3, 0.4) is 0 Å². The molecule has 3 rings (SSSR count). The first-order chi connectivity index (χ1) is 10.9. The largest absolute Gasteiger partial charge is 0.334 e. The first kappa shape index (κ1) is 16.5. The number of aromatic nitrogens is 2. The second kappa shape index (κ2) is 6.29. The number of carbonyl (C=O) groups excluding carboxylic acids is 1. The molecule has 0 unspecified atom stereocenters. The van der Waals surface area contributed by atoms with Crippen molar-refractivity contribution in [2.24, 2.45) is 13.0 Å². The third-order valence-corrected chi connectivity index (χ3v) is 5.62. The van der Waals surface area contributed by atoms with E-state index in [0.717, 1.165) is 24.4 Å². The van der Waals surface area contributed by atoms with Crippen LogP contribution in [0.2, 0.25) is 0 Å². The van der Waals surface area contributed by atoms with Gasteiger partial charge in [0.15, 0.2) is 0 Å². The molecule has 1 aliphatic heterocycles. The first-order valence-electron chi connectivity index (χ1n) is 9.23. The summed E-state index contributed by atoms with van der Waals surface area (Å²) >= 11 is 0. The number of nitrogens with zero attached hydrogens (tertiary/aromatic N) is 3. The smallest absolute Gasteiger partial charge is 0.272 e. The Morgan fingerprint density at radius 2 is 1.78 bits per heavy atom. The Balaban J connectivity index is 1.87. The third kappa shape index (κ3) is 3.31. The van der Waals surface area contributed by atoms with Gasteiger partial charge in [0.2, 0.25) is 0 Å². The van der Waals surface area contributed by atoms with E-state index in [9.17, 15) is 4.79 Å². The molecule has 2 aliphatic rings. The van der Waals surface area contributed by atoms with Crippen LogP contribution in [0.5, 0.6) is 0 Å². The van der Waals surface area contributed by atoms with E-state index in [1.807, 2.05) is 13.1 Å². The Morgan fingerprint density at radius 3 is 2.43 bits per heavy atom. The molecule has 2 atom stereocenters. The maximum atomic E-state index is 13.2. The van der Waals surface area contributed by atoms with Gasteiger partial charge in [-0.25, -0.2) is 0 Å². The SMILES string of the molecule is Cn1nc(C(C)(C)C)cc1C(=O)N1CCCC[C@H]2CCCC[C@H]21. The summed E-state index contributed by atoms with van der Waals surface area (Å²) in [5.41, 5.74) is 1.72. The van der Waals surface area contributed by atoms with E-state index in [2.05, 4.69) is 30.8 Å². The highest BCUT2D eigenvalue weighted by Gasteiger charge is 2.36. The summed E-state index contributed by atoms with van der Waals surface area (Å²) < 4.78 is 1.78. The van der Waals surface area contributed by atoms with Gasteiger partial charge in [0, 0.05) is 25.0 Å². The first-order valence-corrected chi connectivity index (χ1v) is 9.23. The van der Waals surface area contributed by atoms with Crippen molar-refractivity contribution in [3.05, 3.63) is 17.5 Å². The van der Waals surface area contributed by atoms with Gasteiger partial charge in [0.05, 0.1) is 5.69 Å². The van der Waals surface area contributed by atoms with Gasteiger partial charge in [-0.2, -0.15) is 5.10 Å². The van der Waals surface area contributed by atoms with E-state index in [0.29, 0.717) is 12.0 Å². The maximum absolute atomic E-state index is 13.2. The van der Waals surface area contributed by atoms with E-state index in [4.69, 9.17) is 0 Å². The highest BCUT2D eigenvalue weighted by atomic mass is 16.2. The summed E-state index contributed by atoms with van der Waals surface area (Å²) in [6.07, 6.45) is 8.79. The molecule has 2 fully saturated rings. The van der Waals surface area contributed by atoms with Gasteiger partial charge >= 0.3 is 0 Å². The van der Waals surface area contributed by atoms with Crippen LogP contribution >= 0.6 is 0 Å². The molecule has 0 N–H and O–H groups in total. The minimum atomic E-state index is -0.0253. The molecule has 1 aliphatic carbocycles. The lowest BCUT2D eigenvalue weighted by Gasteiger charge is -2.38. The van der Waals surface area contributed by atoms with E-state index >= 15 is 0 Å². The molecule has 1 saturated carbocycles. The standard InChI is InChI=1S/C19H31N3O/c1-19(2,3)17-13-16(21(4)20-17)18(23)22-12-8-7-10-14-9-5-6-11-15(14)22/h13-15H,5-12H2,1-4H3/t14-,15-/m1/s1. The average molecular weight is 317 g/mol. The van der Waals surface area contributed by atoms with Gasteiger partial charge in [-0.15, -0.1) is 0 Å². The highest BCUT2D eigenvalue weighted by molar-refractivity contribution is 5.93. The lowest BCUT2D eigenvalue weighted by atomic mass is 9.81. The van der Waals surface area contributed by atoms with Crippen LogP contribution in [-0.2, 0) is 12.5 Å². The molecular weight excluding hydrogens is 286 g/mol. The van der Waals surface area contributed by atoms with Crippen LogP contribution in [0.25, 0.3) is 0 Å². The fraction of sp³-hybridized carbons (Fsp3) is 0.789. The number of hydrogen-bond donors (Lipinski definition) is 0. The Hall–Kier alpha value is -1.32. The fourth-order valence-electron chi connectivity index (χ4n) is 4.22. The number of likely N-dealkylation sites (tertiary alicyclic amines) is 1. The van der Waals surface area contributed by atoms with Gasteiger partial charge in [0.25, 0.3) is 5.91 Å². The lowest BCUT2D eigenvalue weighted by molar-refractivity contribution is 0.0558. The number of carbonyl (C=O) groups is 1. The average Bonchev–Trinajstić information content (AvgIpc) is 2.77. The third-order valence-electron chi connectivity index (χ3n) is 5.62. The van der Waals surface area contributed by atoms with Crippen LogP contribution in [0.15, 0.2) is 6.07 Å². The molecule has 4 heteroatoms. The quantitative estimate of drug-likeness (QED) is 0.788. The Morgan fingerprint density at radius 1 is 1.13 bits per heavy atom. The van der Waals surface area contributed by atoms with Crippen molar-refractivity contribution in [2.45, 2.75) is 77.2 Å². The number of aryl methyl sites for hydroxylation is 1. The summed E-state index contributed by atoms with van der Waals surface area (Å²) in [5.74, 6) is 0.903. The molecule has 4 nitrogen and oxygen atoms in total. The number of rotatable bonds is 1. The van der Waals surface area contributed by atoms with Crippen molar-refractivity contribution >= 4 is 5.91 Å². The van der Waals surface area contributed by atoms with Crippen molar-refractivity contribution in [1.29, 1.82) is 0 Å². The molecule has 0 aromatic carbocycles. The van der Waals surface area contributed by atoms with Crippen LogP contribution in [0, 0.1) is 5.92 Å². The van der Waals surface area contributed by atoms with Crippen molar-refractivity contribution in [3.63, 3.8) is 0 Å². The molecule has 0 bridgehead atoms. The van der Waals surface area contributed by atoms with Gasteiger partial charge in [0.1, 0.15) is 5.69 Å². The monoisotopic (exact) mass is 317 g/mol. The molecule has 1 aromatic rings. The minimum absolute atomic E-state index is 0.0253. The molecule has 1 saturated heterocycles. The Kier molecular flexibility index (Phi) is 4.52. The zero-order chi connectivity index (χ0) is 16.6. The number of amides is 1. The molecule has 128 valence electrons. The van der Waals surface area contributed by atoms with Crippen molar-refractivity contribution < 1.29 is 4.79 Å². The van der Waals surface area contributed by atoms with Crippen LogP contribution in [0.4, 0.5) is 0 Å². The topological polar surface area (TPSA) is 38.1 Å². The van der Waals surface area contributed by atoms with Gasteiger partial charge in [-0.05, 0) is 37.7 Å². The van der Waals surface area contributed by atoms with E-state index in [1.54, 1.807) is 4.68 Å². The second-order valence-corrected chi connectivity index (χ2v) is 8.39. The zero-order valence-electron chi connectivity index (χ0n) is 15.1. The molecule has 2 heterocycles. The normalized spacial score (nSPS) is 25.8. The summed E-state index contributed by atoms with van der Waals surface area (Å²) in [7, 11) is 1.90. The summed E-state index contributed by atoms with van der Waals surface area (Å²) in [6, 6.07) is 2.46. The van der Waals surface area contributed by atoms with Crippen LogP contribution in [-0.4, -0.2) is 33.2 Å². The van der Waals surface area contributed by atoms with Gasteiger partial charge in [-0.3, -0.25) is 9.48 Å². The van der Waals surface area contributed by atoms with Gasteiger partial charge in [-0.1, -0.05) is 40.0 Å². The molecule has 0 radical (unpaired) electrons. The molecule has 1 amide bonds.